The molecule has 1 spiro atoms. The number of carbonyl (C=O) groups is 1. The third-order valence-electron chi connectivity index (χ3n) is 3.85. The summed E-state index contributed by atoms with van der Waals surface area (Å²) in [6.07, 6.45) is 5.15. The molecular formula is C14H18N4O2. The molecule has 3 heterocycles. The van der Waals surface area contributed by atoms with Crippen molar-refractivity contribution in [3.8, 4) is 0 Å². The molecule has 2 aliphatic heterocycles. The van der Waals surface area contributed by atoms with Gasteiger partial charge in [0.15, 0.2) is 5.60 Å². The molecule has 1 atom stereocenters. The number of nitrogens with one attached hydrogen (secondary N) is 1. The van der Waals surface area contributed by atoms with Crippen molar-refractivity contribution in [3.63, 3.8) is 0 Å². The molecule has 6 nitrogen and oxygen atoms in total. The molecule has 0 aromatic carbocycles. The molecule has 0 radical (unpaired) electrons. The van der Waals surface area contributed by atoms with Gasteiger partial charge in [0.1, 0.15) is 5.71 Å². The summed E-state index contributed by atoms with van der Waals surface area (Å²) in [6, 6.07) is 4.01. The highest BCUT2D eigenvalue weighted by Gasteiger charge is 2.46. The average molecular weight is 274 g/mol. The van der Waals surface area contributed by atoms with Gasteiger partial charge in [-0.3, -0.25) is 14.7 Å². The fourth-order valence-corrected chi connectivity index (χ4v) is 2.82. The number of rotatable bonds is 3. The SMILES string of the molecule is CNC(=O)C1=NO[C@@]2(CCN(Cc3cccnc3)C2)C1. The Morgan fingerprint density at radius 1 is 1.60 bits per heavy atom. The second-order valence-corrected chi connectivity index (χ2v) is 5.39. The van der Waals surface area contributed by atoms with Crippen molar-refractivity contribution in [1.29, 1.82) is 0 Å². The fourth-order valence-electron chi connectivity index (χ4n) is 2.82. The van der Waals surface area contributed by atoms with Gasteiger partial charge in [-0.25, -0.2) is 0 Å². The van der Waals surface area contributed by atoms with E-state index in [4.69, 9.17) is 4.84 Å². The molecule has 106 valence electrons. The lowest BCUT2D eigenvalue weighted by molar-refractivity contribution is -0.114. The third kappa shape index (κ3) is 2.51. The lowest BCUT2D eigenvalue weighted by Crippen LogP contribution is -2.36. The van der Waals surface area contributed by atoms with Crippen molar-refractivity contribution in [2.45, 2.75) is 25.0 Å². The Bertz CT molecular complexity index is 531. The predicted octanol–water partition coefficient (Wildman–Crippen LogP) is 0.548. The van der Waals surface area contributed by atoms with E-state index in [0.29, 0.717) is 12.1 Å². The topological polar surface area (TPSA) is 66.8 Å². The van der Waals surface area contributed by atoms with Gasteiger partial charge in [-0.2, -0.15) is 0 Å². The maximum absolute atomic E-state index is 11.6. The normalized spacial score (nSPS) is 25.6. The highest BCUT2D eigenvalue weighted by Crippen LogP contribution is 2.34. The highest BCUT2D eigenvalue weighted by molar-refractivity contribution is 6.39. The first-order chi connectivity index (χ1) is 9.71. The lowest BCUT2D eigenvalue weighted by atomic mass is 9.96. The van der Waals surface area contributed by atoms with E-state index in [1.54, 1.807) is 13.2 Å². The first-order valence-corrected chi connectivity index (χ1v) is 6.79. The molecule has 0 saturated carbocycles. The summed E-state index contributed by atoms with van der Waals surface area (Å²) in [5.74, 6) is -0.146. The van der Waals surface area contributed by atoms with E-state index in [2.05, 4.69) is 26.4 Å². The number of pyridine rings is 1. The molecular weight excluding hydrogens is 256 g/mol. The molecule has 1 aromatic rings. The molecule has 0 aliphatic carbocycles. The summed E-state index contributed by atoms with van der Waals surface area (Å²) in [4.78, 5) is 23.6. The van der Waals surface area contributed by atoms with Crippen LogP contribution in [0.15, 0.2) is 29.7 Å². The van der Waals surface area contributed by atoms with E-state index < -0.39 is 0 Å². The molecule has 1 N–H and O–H groups in total. The van der Waals surface area contributed by atoms with Crippen LogP contribution < -0.4 is 5.32 Å². The van der Waals surface area contributed by atoms with Crippen molar-refractivity contribution in [2.24, 2.45) is 5.16 Å². The standard InChI is InChI=1S/C14H18N4O2/c1-15-13(19)12-7-14(20-17-12)4-6-18(10-14)9-11-3-2-5-16-8-11/h2-3,5,8H,4,6-7,9-10H2,1H3,(H,15,19)/t14-/m0/s1. The van der Waals surface area contributed by atoms with Crippen LogP contribution in [0, 0.1) is 0 Å². The first kappa shape index (κ1) is 13.1. The minimum absolute atomic E-state index is 0.146. The Morgan fingerprint density at radius 3 is 3.25 bits per heavy atom. The van der Waals surface area contributed by atoms with Gasteiger partial charge in [0, 0.05) is 51.9 Å². The maximum Gasteiger partial charge on any atom is 0.268 e. The molecule has 1 aromatic heterocycles. The summed E-state index contributed by atoms with van der Waals surface area (Å²) >= 11 is 0. The van der Waals surface area contributed by atoms with Gasteiger partial charge in [-0.05, 0) is 11.6 Å². The monoisotopic (exact) mass is 274 g/mol. The number of oxime groups is 1. The number of nitrogens with zero attached hydrogens (tertiary/aromatic N) is 3. The molecule has 1 fully saturated rings. The smallest absolute Gasteiger partial charge is 0.268 e. The van der Waals surface area contributed by atoms with E-state index >= 15 is 0 Å². The van der Waals surface area contributed by atoms with Gasteiger partial charge < -0.3 is 10.2 Å². The summed E-state index contributed by atoms with van der Waals surface area (Å²) in [7, 11) is 1.61. The van der Waals surface area contributed by atoms with Crippen LogP contribution in [0.4, 0.5) is 0 Å². The summed E-state index contributed by atoms with van der Waals surface area (Å²) in [5.41, 5.74) is 1.37. The number of hydrogen-bond acceptors (Lipinski definition) is 5. The second-order valence-electron chi connectivity index (χ2n) is 5.39. The summed E-state index contributed by atoms with van der Waals surface area (Å²) < 4.78 is 0. The zero-order valence-electron chi connectivity index (χ0n) is 11.5. The minimum Gasteiger partial charge on any atom is -0.387 e. The van der Waals surface area contributed by atoms with Crippen LogP contribution in [0.3, 0.4) is 0 Å². The molecule has 1 amide bonds. The van der Waals surface area contributed by atoms with E-state index in [0.717, 1.165) is 26.1 Å². The minimum atomic E-state index is -0.315. The van der Waals surface area contributed by atoms with E-state index in [1.807, 2.05) is 12.3 Å². The summed E-state index contributed by atoms with van der Waals surface area (Å²) in [6.45, 7) is 2.60. The van der Waals surface area contributed by atoms with Crippen LogP contribution in [0.1, 0.15) is 18.4 Å². The lowest BCUT2D eigenvalue weighted by Gasteiger charge is -2.21. The Labute approximate surface area is 117 Å². The van der Waals surface area contributed by atoms with Crippen molar-refractivity contribution in [1.82, 2.24) is 15.2 Å². The van der Waals surface area contributed by atoms with Crippen LogP contribution in [-0.4, -0.2) is 47.2 Å². The van der Waals surface area contributed by atoms with Crippen LogP contribution >= 0.6 is 0 Å². The maximum atomic E-state index is 11.6. The number of likely N-dealkylation sites (tertiary alicyclic amines) is 1. The largest absolute Gasteiger partial charge is 0.387 e. The zero-order valence-corrected chi connectivity index (χ0v) is 11.5. The fraction of sp³-hybridized carbons (Fsp3) is 0.500. The number of hydrogen-bond donors (Lipinski definition) is 1. The Kier molecular flexibility index (Phi) is 3.40. The van der Waals surface area contributed by atoms with Gasteiger partial charge in [0.05, 0.1) is 0 Å². The Morgan fingerprint density at radius 2 is 2.50 bits per heavy atom. The summed E-state index contributed by atoms with van der Waals surface area (Å²) in [5, 5.41) is 6.54. The van der Waals surface area contributed by atoms with E-state index in [1.165, 1.54) is 5.56 Å². The van der Waals surface area contributed by atoms with Crippen LogP contribution in [0.2, 0.25) is 0 Å². The van der Waals surface area contributed by atoms with Gasteiger partial charge in [-0.15, -0.1) is 0 Å². The van der Waals surface area contributed by atoms with Crippen LogP contribution in [0.25, 0.3) is 0 Å². The van der Waals surface area contributed by atoms with Crippen LogP contribution in [0.5, 0.6) is 0 Å². The van der Waals surface area contributed by atoms with Crippen molar-refractivity contribution in [2.75, 3.05) is 20.1 Å². The van der Waals surface area contributed by atoms with Crippen molar-refractivity contribution < 1.29 is 9.63 Å². The van der Waals surface area contributed by atoms with Crippen molar-refractivity contribution >= 4 is 11.6 Å². The molecule has 6 heteroatoms. The molecule has 20 heavy (non-hydrogen) atoms. The molecule has 2 aliphatic rings. The average Bonchev–Trinajstić information content (AvgIpc) is 3.07. The number of aromatic nitrogens is 1. The quantitative estimate of drug-likeness (QED) is 0.874. The van der Waals surface area contributed by atoms with Crippen LogP contribution in [-0.2, 0) is 16.2 Å². The van der Waals surface area contributed by atoms with Crippen molar-refractivity contribution in [3.05, 3.63) is 30.1 Å². The Hall–Kier alpha value is -1.95. The zero-order chi connectivity index (χ0) is 14.0. The van der Waals surface area contributed by atoms with Gasteiger partial charge in [0.25, 0.3) is 5.91 Å². The second kappa shape index (κ2) is 5.20. The highest BCUT2D eigenvalue weighted by atomic mass is 16.7. The molecule has 1 saturated heterocycles. The number of carbonyl (C=O) groups excluding carboxylic acids is 1. The van der Waals surface area contributed by atoms with Gasteiger partial charge in [-0.1, -0.05) is 11.2 Å². The number of amides is 1. The molecule has 3 rings (SSSR count). The molecule has 0 unspecified atom stereocenters. The Balaban J connectivity index is 1.59. The van der Waals surface area contributed by atoms with E-state index in [-0.39, 0.29) is 11.5 Å². The predicted molar refractivity (Wildman–Crippen MR) is 74.1 cm³/mol. The van der Waals surface area contributed by atoms with Gasteiger partial charge in [0.2, 0.25) is 0 Å². The van der Waals surface area contributed by atoms with E-state index in [9.17, 15) is 4.79 Å². The third-order valence-corrected chi connectivity index (χ3v) is 3.85. The van der Waals surface area contributed by atoms with Gasteiger partial charge >= 0.3 is 0 Å². The molecule has 0 bridgehead atoms. The first-order valence-electron chi connectivity index (χ1n) is 6.79.